The van der Waals surface area contributed by atoms with Gasteiger partial charge >= 0.3 is 0 Å². The quantitative estimate of drug-likeness (QED) is 0.790. The van der Waals surface area contributed by atoms with Crippen molar-refractivity contribution in [3.05, 3.63) is 36.0 Å². The molecule has 0 fully saturated rings. The summed E-state index contributed by atoms with van der Waals surface area (Å²) in [4.78, 5) is 15.5. The molecule has 2 rings (SSSR count). The summed E-state index contributed by atoms with van der Waals surface area (Å²) in [5.41, 5.74) is 4.29. The van der Waals surface area contributed by atoms with E-state index in [1.165, 1.54) is 17.5 Å². The van der Waals surface area contributed by atoms with Gasteiger partial charge in [0.2, 0.25) is 0 Å². The molecular weight excluding hydrogens is 250 g/mol. The second-order valence-corrected chi connectivity index (χ2v) is 5.07. The van der Waals surface area contributed by atoms with Crippen LogP contribution >= 0.6 is 0 Å². The number of hydrogen-bond donors (Lipinski definition) is 2. The van der Waals surface area contributed by atoms with Crippen LogP contribution in [0.3, 0.4) is 0 Å². The number of aromatic nitrogens is 4. The molecule has 2 aromatic rings. The van der Waals surface area contributed by atoms with Crippen LogP contribution in [0.15, 0.2) is 36.0 Å². The highest BCUT2D eigenvalue weighted by atomic mass is 15.1. The lowest BCUT2D eigenvalue weighted by molar-refractivity contribution is 0.959. The van der Waals surface area contributed by atoms with Crippen LogP contribution in [0.4, 0.5) is 5.82 Å². The van der Waals surface area contributed by atoms with Gasteiger partial charge in [-0.1, -0.05) is 23.3 Å². The van der Waals surface area contributed by atoms with Crippen LogP contribution in [-0.2, 0) is 0 Å². The van der Waals surface area contributed by atoms with E-state index < -0.39 is 0 Å². The lowest BCUT2D eigenvalue weighted by atomic mass is 10.1. The first kappa shape index (κ1) is 14.2. The number of hydrogen-bond acceptors (Lipinski definition) is 4. The molecule has 0 aliphatic rings. The lowest BCUT2D eigenvalue weighted by Gasteiger charge is -2.04. The molecule has 2 N–H and O–H groups in total. The van der Waals surface area contributed by atoms with Crippen LogP contribution < -0.4 is 5.32 Å². The molecule has 20 heavy (non-hydrogen) atoms. The first-order valence-electron chi connectivity index (χ1n) is 6.84. The van der Waals surface area contributed by atoms with E-state index in [9.17, 15) is 0 Å². The summed E-state index contributed by atoms with van der Waals surface area (Å²) in [6, 6.07) is 0. The molecule has 5 heteroatoms. The summed E-state index contributed by atoms with van der Waals surface area (Å²) < 4.78 is 0. The van der Waals surface area contributed by atoms with Crippen LogP contribution in [0.25, 0.3) is 11.2 Å². The van der Waals surface area contributed by atoms with Crippen molar-refractivity contribution in [3.8, 4) is 0 Å². The van der Waals surface area contributed by atoms with Gasteiger partial charge in [0.05, 0.1) is 6.33 Å². The molecule has 0 amide bonds. The zero-order chi connectivity index (χ0) is 14.4. The van der Waals surface area contributed by atoms with Gasteiger partial charge in [0.25, 0.3) is 0 Å². The molecule has 0 saturated heterocycles. The number of H-pyrrole nitrogens is 1. The Morgan fingerprint density at radius 1 is 1.20 bits per heavy atom. The van der Waals surface area contributed by atoms with Crippen LogP contribution in [0.5, 0.6) is 0 Å². The molecule has 2 heterocycles. The van der Waals surface area contributed by atoms with Crippen molar-refractivity contribution in [2.45, 2.75) is 33.6 Å². The zero-order valence-corrected chi connectivity index (χ0v) is 12.3. The summed E-state index contributed by atoms with van der Waals surface area (Å²) >= 11 is 0. The molecule has 0 unspecified atom stereocenters. The predicted octanol–water partition coefficient (Wildman–Crippen LogP) is 3.46. The number of aromatic amines is 1. The number of imidazole rings is 1. The summed E-state index contributed by atoms with van der Waals surface area (Å²) in [5, 5.41) is 3.29. The predicted molar refractivity (Wildman–Crippen MR) is 82.6 cm³/mol. The van der Waals surface area contributed by atoms with Gasteiger partial charge in [0.1, 0.15) is 11.8 Å². The fourth-order valence-corrected chi connectivity index (χ4v) is 1.91. The Bertz CT molecular complexity index is 620. The molecule has 0 bridgehead atoms. The number of allylic oxidation sites excluding steroid dienone is 3. The van der Waals surface area contributed by atoms with E-state index in [4.69, 9.17) is 0 Å². The van der Waals surface area contributed by atoms with Gasteiger partial charge in [-0.3, -0.25) is 0 Å². The van der Waals surface area contributed by atoms with Gasteiger partial charge in [0, 0.05) is 6.54 Å². The summed E-state index contributed by atoms with van der Waals surface area (Å²) in [6.45, 7) is 7.18. The molecule has 0 aliphatic carbocycles. The maximum Gasteiger partial charge on any atom is 0.182 e. The Kier molecular flexibility index (Phi) is 4.87. The van der Waals surface area contributed by atoms with Gasteiger partial charge in [0.15, 0.2) is 11.5 Å². The Balaban J connectivity index is 1.89. The second kappa shape index (κ2) is 6.84. The van der Waals surface area contributed by atoms with E-state index in [1.807, 2.05) is 0 Å². The van der Waals surface area contributed by atoms with Crippen molar-refractivity contribution < 1.29 is 0 Å². The Morgan fingerprint density at radius 3 is 2.85 bits per heavy atom. The second-order valence-electron chi connectivity index (χ2n) is 5.07. The van der Waals surface area contributed by atoms with E-state index in [1.54, 1.807) is 6.33 Å². The van der Waals surface area contributed by atoms with Crippen molar-refractivity contribution in [1.29, 1.82) is 0 Å². The fraction of sp³-hybridized carbons (Fsp3) is 0.400. The van der Waals surface area contributed by atoms with E-state index in [0.29, 0.717) is 5.65 Å². The van der Waals surface area contributed by atoms with Crippen LogP contribution in [0, 0.1) is 0 Å². The molecule has 2 aromatic heterocycles. The highest BCUT2D eigenvalue weighted by Gasteiger charge is 2.03. The van der Waals surface area contributed by atoms with E-state index in [-0.39, 0.29) is 0 Å². The summed E-state index contributed by atoms with van der Waals surface area (Å²) in [7, 11) is 0. The molecule has 0 saturated carbocycles. The third-order valence-corrected chi connectivity index (χ3v) is 3.03. The summed E-state index contributed by atoms with van der Waals surface area (Å²) in [5.74, 6) is 0.792. The van der Waals surface area contributed by atoms with Gasteiger partial charge < -0.3 is 10.3 Å². The monoisotopic (exact) mass is 271 g/mol. The highest BCUT2D eigenvalue weighted by molar-refractivity contribution is 5.81. The van der Waals surface area contributed by atoms with Crippen molar-refractivity contribution >= 4 is 17.0 Å². The largest absolute Gasteiger partial charge is 0.365 e. The fourth-order valence-electron chi connectivity index (χ4n) is 1.91. The van der Waals surface area contributed by atoms with E-state index in [2.05, 4.69) is 58.2 Å². The molecule has 0 atom stereocenters. The third kappa shape index (κ3) is 3.91. The van der Waals surface area contributed by atoms with Crippen molar-refractivity contribution in [3.63, 3.8) is 0 Å². The van der Waals surface area contributed by atoms with Crippen LogP contribution in [0.2, 0.25) is 0 Å². The Labute approximate surface area is 119 Å². The summed E-state index contributed by atoms with van der Waals surface area (Å²) in [6.07, 6.45) is 9.81. The number of anilines is 1. The minimum Gasteiger partial charge on any atom is -0.365 e. The Morgan fingerprint density at radius 2 is 2.05 bits per heavy atom. The molecule has 0 aromatic carbocycles. The van der Waals surface area contributed by atoms with Crippen molar-refractivity contribution in [1.82, 2.24) is 19.9 Å². The number of nitrogens with one attached hydrogen (secondary N) is 2. The average Bonchev–Trinajstić information content (AvgIpc) is 2.87. The molecular formula is C15H21N5. The van der Waals surface area contributed by atoms with Gasteiger partial charge in [-0.2, -0.15) is 0 Å². The maximum absolute atomic E-state index is 4.23. The highest BCUT2D eigenvalue weighted by Crippen LogP contribution is 2.14. The third-order valence-electron chi connectivity index (χ3n) is 3.03. The van der Waals surface area contributed by atoms with Gasteiger partial charge in [-0.15, -0.1) is 0 Å². The van der Waals surface area contributed by atoms with Crippen molar-refractivity contribution in [2.75, 3.05) is 11.9 Å². The molecule has 5 nitrogen and oxygen atoms in total. The van der Waals surface area contributed by atoms with Crippen LogP contribution in [-0.4, -0.2) is 26.5 Å². The average molecular weight is 271 g/mol. The lowest BCUT2D eigenvalue weighted by Crippen LogP contribution is -2.02. The zero-order valence-electron chi connectivity index (χ0n) is 12.3. The van der Waals surface area contributed by atoms with Gasteiger partial charge in [-0.05, 0) is 33.6 Å². The minimum absolute atomic E-state index is 0.687. The first-order valence-corrected chi connectivity index (χ1v) is 6.84. The minimum atomic E-state index is 0.687. The standard InChI is InChI=1S/C15H21N5/c1-11(2)5-4-6-12(3)7-8-16-14-13-15(18-9-17-13)20-10-19-14/h5,7,9-10H,4,6,8H2,1-3H3,(H2,16,17,18,19,20). The molecule has 0 aliphatic heterocycles. The number of fused-ring (bicyclic) bond motifs is 1. The van der Waals surface area contributed by atoms with E-state index >= 15 is 0 Å². The van der Waals surface area contributed by atoms with Crippen molar-refractivity contribution in [2.24, 2.45) is 0 Å². The SMILES string of the molecule is CC(C)=CCCC(C)=CCNc1ncnc2nc[nH]c12. The van der Waals surface area contributed by atoms with E-state index in [0.717, 1.165) is 30.7 Å². The topological polar surface area (TPSA) is 66.5 Å². The number of nitrogens with zero attached hydrogens (tertiary/aromatic N) is 3. The molecule has 0 spiro atoms. The maximum atomic E-state index is 4.23. The molecule has 106 valence electrons. The Hall–Kier alpha value is -2.17. The molecule has 0 radical (unpaired) electrons. The smallest absolute Gasteiger partial charge is 0.182 e. The first-order chi connectivity index (χ1) is 9.66. The number of rotatable bonds is 6. The van der Waals surface area contributed by atoms with Crippen LogP contribution in [0.1, 0.15) is 33.6 Å². The van der Waals surface area contributed by atoms with Gasteiger partial charge in [-0.25, -0.2) is 15.0 Å². The normalized spacial score (nSPS) is 11.7.